The van der Waals surface area contributed by atoms with Gasteiger partial charge in [-0.1, -0.05) is 13.8 Å². The highest BCUT2D eigenvalue weighted by Gasteiger charge is 2.09. The van der Waals surface area contributed by atoms with Gasteiger partial charge >= 0.3 is 0 Å². The Labute approximate surface area is 105 Å². The molecule has 0 spiro atoms. The van der Waals surface area contributed by atoms with Crippen LogP contribution in [-0.4, -0.2) is 41.1 Å². The maximum absolute atomic E-state index is 4.27. The monoisotopic (exact) mass is 238 g/mol. The summed E-state index contributed by atoms with van der Waals surface area (Å²) >= 11 is 0. The fourth-order valence-electron chi connectivity index (χ4n) is 2.15. The van der Waals surface area contributed by atoms with Crippen molar-refractivity contribution >= 4 is 5.95 Å². The second kappa shape index (κ2) is 7.33. The van der Waals surface area contributed by atoms with Crippen LogP contribution in [0.2, 0.25) is 0 Å². The molecule has 0 aliphatic rings. The third-order valence-electron chi connectivity index (χ3n) is 3.36. The van der Waals surface area contributed by atoms with Gasteiger partial charge in [-0.25, -0.2) is 4.98 Å². The Hall–Kier alpha value is -1.03. The van der Waals surface area contributed by atoms with Gasteiger partial charge < -0.3 is 14.8 Å². The van der Waals surface area contributed by atoms with Gasteiger partial charge in [0.2, 0.25) is 5.95 Å². The summed E-state index contributed by atoms with van der Waals surface area (Å²) in [7, 11) is 1.92. The Kier molecular flexibility index (Phi) is 6.05. The average molecular weight is 238 g/mol. The van der Waals surface area contributed by atoms with Gasteiger partial charge in [0.15, 0.2) is 0 Å². The van der Waals surface area contributed by atoms with Crippen molar-refractivity contribution < 1.29 is 0 Å². The minimum Gasteiger partial charge on any atom is -0.359 e. The third kappa shape index (κ3) is 4.04. The number of aromatic nitrogens is 2. The van der Waals surface area contributed by atoms with Crippen molar-refractivity contribution in [3.05, 3.63) is 12.4 Å². The van der Waals surface area contributed by atoms with Crippen molar-refractivity contribution in [1.82, 2.24) is 14.5 Å². The molecule has 98 valence electrons. The molecule has 0 aliphatic heterocycles. The zero-order valence-corrected chi connectivity index (χ0v) is 11.6. The predicted molar refractivity (Wildman–Crippen MR) is 73.5 cm³/mol. The SMILES string of the molecule is CCN(CC)CCCC(C)n1ccnc1NC. The van der Waals surface area contributed by atoms with E-state index in [0.717, 1.165) is 19.0 Å². The van der Waals surface area contributed by atoms with E-state index < -0.39 is 0 Å². The van der Waals surface area contributed by atoms with Gasteiger partial charge in [0.1, 0.15) is 0 Å². The summed E-state index contributed by atoms with van der Waals surface area (Å²) in [4.78, 5) is 6.74. The van der Waals surface area contributed by atoms with Gasteiger partial charge in [0.05, 0.1) is 0 Å². The summed E-state index contributed by atoms with van der Waals surface area (Å²) in [5.74, 6) is 0.959. The van der Waals surface area contributed by atoms with E-state index in [-0.39, 0.29) is 0 Å². The Morgan fingerprint density at radius 2 is 2.12 bits per heavy atom. The molecule has 1 heterocycles. The number of anilines is 1. The highest BCUT2D eigenvalue weighted by molar-refractivity contribution is 5.24. The number of hydrogen-bond acceptors (Lipinski definition) is 3. The molecule has 0 amide bonds. The van der Waals surface area contributed by atoms with Crippen LogP contribution in [0.4, 0.5) is 5.95 Å². The maximum atomic E-state index is 4.27. The van der Waals surface area contributed by atoms with Crippen LogP contribution >= 0.6 is 0 Å². The molecule has 0 bridgehead atoms. The zero-order valence-electron chi connectivity index (χ0n) is 11.6. The molecule has 1 rings (SSSR count). The molecule has 0 saturated carbocycles. The summed E-state index contributed by atoms with van der Waals surface area (Å²) in [5, 5.41) is 3.12. The van der Waals surface area contributed by atoms with Crippen molar-refractivity contribution in [2.24, 2.45) is 0 Å². The summed E-state index contributed by atoms with van der Waals surface area (Å²) in [6.45, 7) is 10.2. The van der Waals surface area contributed by atoms with Crippen molar-refractivity contribution in [2.75, 3.05) is 32.0 Å². The molecule has 1 unspecified atom stereocenters. The minimum atomic E-state index is 0.510. The summed E-state index contributed by atoms with van der Waals surface area (Å²) in [6, 6.07) is 0.510. The van der Waals surface area contributed by atoms with Crippen molar-refractivity contribution in [1.29, 1.82) is 0 Å². The van der Waals surface area contributed by atoms with E-state index in [1.54, 1.807) is 0 Å². The molecule has 1 atom stereocenters. The lowest BCUT2D eigenvalue weighted by Gasteiger charge is -2.20. The Balaban J connectivity index is 2.37. The minimum absolute atomic E-state index is 0.510. The first kappa shape index (κ1) is 14.0. The van der Waals surface area contributed by atoms with Gasteiger partial charge in [-0.3, -0.25) is 0 Å². The molecule has 0 saturated heterocycles. The Morgan fingerprint density at radius 1 is 1.41 bits per heavy atom. The normalized spacial score (nSPS) is 13.0. The van der Waals surface area contributed by atoms with E-state index in [1.165, 1.54) is 19.4 Å². The largest absolute Gasteiger partial charge is 0.359 e. The first-order valence-electron chi connectivity index (χ1n) is 6.65. The second-order valence-corrected chi connectivity index (χ2v) is 4.43. The van der Waals surface area contributed by atoms with Crippen LogP contribution in [0.25, 0.3) is 0 Å². The van der Waals surface area contributed by atoms with Gasteiger partial charge in [0, 0.05) is 25.5 Å². The lowest BCUT2D eigenvalue weighted by molar-refractivity contribution is 0.288. The summed E-state index contributed by atoms with van der Waals surface area (Å²) in [5.41, 5.74) is 0. The van der Waals surface area contributed by atoms with Crippen molar-refractivity contribution in [2.45, 2.75) is 39.7 Å². The van der Waals surface area contributed by atoms with Crippen molar-refractivity contribution in [3.63, 3.8) is 0 Å². The molecule has 17 heavy (non-hydrogen) atoms. The Bertz CT molecular complexity index is 304. The number of rotatable bonds is 8. The van der Waals surface area contributed by atoms with Crippen LogP contribution in [0.15, 0.2) is 12.4 Å². The fraction of sp³-hybridized carbons (Fsp3) is 0.769. The smallest absolute Gasteiger partial charge is 0.202 e. The van der Waals surface area contributed by atoms with E-state index in [9.17, 15) is 0 Å². The molecule has 0 aliphatic carbocycles. The van der Waals surface area contributed by atoms with Crippen molar-refractivity contribution in [3.8, 4) is 0 Å². The lowest BCUT2D eigenvalue weighted by atomic mass is 10.1. The topological polar surface area (TPSA) is 33.1 Å². The van der Waals surface area contributed by atoms with Crippen LogP contribution in [0.1, 0.15) is 39.7 Å². The Morgan fingerprint density at radius 3 is 2.71 bits per heavy atom. The molecule has 4 heteroatoms. The number of nitrogens with zero attached hydrogens (tertiary/aromatic N) is 3. The summed E-state index contributed by atoms with van der Waals surface area (Å²) < 4.78 is 2.21. The van der Waals surface area contributed by atoms with E-state index >= 15 is 0 Å². The standard InChI is InChI=1S/C13H26N4/c1-5-16(6-2)10-7-8-12(3)17-11-9-15-13(17)14-4/h9,11-12H,5-8,10H2,1-4H3,(H,14,15). The number of imidazole rings is 1. The molecule has 0 aromatic carbocycles. The van der Waals surface area contributed by atoms with E-state index in [0.29, 0.717) is 6.04 Å². The molecule has 1 N–H and O–H groups in total. The van der Waals surface area contributed by atoms with Crippen LogP contribution in [0.3, 0.4) is 0 Å². The van der Waals surface area contributed by atoms with Crippen LogP contribution < -0.4 is 5.32 Å². The predicted octanol–water partition coefficient (Wildman–Crippen LogP) is 2.61. The van der Waals surface area contributed by atoms with Gasteiger partial charge in [-0.15, -0.1) is 0 Å². The van der Waals surface area contributed by atoms with Crippen LogP contribution in [0, 0.1) is 0 Å². The highest BCUT2D eigenvalue weighted by Crippen LogP contribution is 2.17. The van der Waals surface area contributed by atoms with E-state index in [4.69, 9.17) is 0 Å². The second-order valence-electron chi connectivity index (χ2n) is 4.43. The number of nitrogens with one attached hydrogen (secondary N) is 1. The molecule has 1 aromatic rings. The van der Waals surface area contributed by atoms with Gasteiger partial charge in [-0.2, -0.15) is 0 Å². The van der Waals surface area contributed by atoms with E-state index in [2.05, 4.69) is 40.5 Å². The highest BCUT2D eigenvalue weighted by atomic mass is 15.2. The number of hydrogen-bond donors (Lipinski definition) is 1. The fourth-order valence-corrected chi connectivity index (χ4v) is 2.15. The van der Waals surface area contributed by atoms with Gasteiger partial charge in [-0.05, 0) is 39.4 Å². The molecule has 4 nitrogen and oxygen atoms in total. The quantitative estimate of drug-likeness (QED) is 0.755. The molecule has 1 aromatic heterocycles. The lowest BCUT2D eigenvalue weighted by Crippen LogP contribution is -2.24. The van der Waals surface area contributed by atoms with E-state index in [1.807, 2.05) is 19.4 Å². The molecule has 0 fully saturated rings. The first-order chi connectivity index (χ1) is 8.22. The first-order valence-corrected chi connectivity index (χ1v) is 6.65. The summed E-state index contributed by atoms with van der Waals surface area (Å²) in [6.07, 6.45) is 6.34. The molecular formula is C13H26N4. The maximum Gasteiger partial charge on any atom is 0.202 e. The van der Waals surface area contributed by atoms with Crippen LogP contribution in [0.5, 0.6) is 0 Å². The zero-order chi connectivity index (χ0) is 12.7. The average Bonchev–Trinajstić information content (AvgIpc) is 2.82. The molecular weight excluding hydrogens is 212 g/mol. The van der Waals surface area contributed by atoms with Crippen LogP contribution in [-0.2, 0) is 0 Å². The third-order valence-corrected chi connectivity index (χ3v) is 3.36. The molecule has 0 radical (unpaired) electrons. The van der Waals surface area contributed by atoms with Gasteiger partial charge in [0.25, 0.3) is 0 Å².